The molecular weight excluding hydrogens is 345 g/mol. The van der Waals surface area contributed by atoms with Gasteiger partial charge in [0.05, 0.1) is 31.2 Å². The summed E-state index contributed by atoms with van der Waals surface area (Å²) in [6.07, 6.45) is 8.35. The van der Waals surface area contributed by atoms with Gasteiger partial charge in [-0.05, 0) is 36.1 Å². The van der Waals surface area contributed by atoms with E-state index in [0.717, 1.165) is 23.2 Å². The molecule has 0 saturated heterocycles. The van der Waals surface area contributed by atoms with Gasteiger partial charge in [-0.25, -0.2) is 24.3 Å². The third-order valence-corrected chi connectivity index (χ3v) is 4.90. The molecule has 3 heterocycles. The predicted molar refractivity (Wildman–Crippen MR) is 100 cm³/mol. The van der Waals surface area contributed by atoms with E-state index in [4.69, 9.17) is 4.74 Å². The summed E-state index contributed by atoms with van der Waals surface area (Å²) in [4.78, 5) is 19.4. The van der Waals surface area contributed by atoms with Gasteiger partial charge in [-0.2, -0.15) is 0 Å². The van der Waals surface area contributed by atoms with Crippen molar-refractivity contribution in [3.05, 3.63) is 59.9 Å². The summed E-state index contributed by atoms with van der Waals surface area (Å²) < 4.78 is 19.7. The summed E-state index contributed by atoms with van der Waals surface area (Å²) in [5.41, 5.74) is 2.64. The largest absolute Gasteiger partial charge is 0.497 e. The number of nitrogens with zero attached hydrogens (tertiary/aromatic N) is 5. The number of halogens is 1. The molecule has 0 spiro atoms. The van der Waals surface area contributed by atoms with Gasteiger partial charge in [0.25, 0.3) is 0 Å². The van der Waals surface area contributed by atoms with Gasteiger partial charge in [0.2, 0.25) is 0 Å². The first-order chi connectivity index (χ1) is 13.2. The molecule has 1 aliphatic heterocycles. The van der Waals surface area contributed by atoms with Gasteiger partial charge in [0.15, 0.2) is 11.6 Å². The van der Waals surface area contributed by atoms with Gasteiger partial charge in [-0.15, -0.1) is 0 Å². The lowest BCUT2D eigenvalue weighted by molar-refractivity contribution is 0.407. The molecule has 0 radical (unpaired) electrons. The van der Waals surface area contributed by atoms with E-state index in [-0.39, 0.29) is 11.9 Å². The minimum Gasteiger partial charge on any atom is -0.497 e. The maximum Gasteiger partial charge on any atom is 0.197 e. The van der Waals surface area contributed by atoms with Crippen LogP contribution in [0.15, 0.2) is 43.0 Å². The Morgan fingerprint density at radius 2 is 1.81 bits per heavy atom. The van der Waals surface area contributed by atoms with Crippen molar-refractivity contribution in [1.29, 1.82) is 0 Å². The van der Waals surface area contributed by atoms with Crippen molar-refractivity contribution in [2.24, 2.45) is 0 Å². The second-order valence-electron chi connectivity index (χ2n) is 6.38. The summed E-state index contributed by atoms with van der Waals surface area (Å²) in [5, 5.41) is 0. The SMILES string of the molecule is CCC1c2cc(OC)cc(F)c2CCN1c1cnc(-c2ncccn2)nc1. The van der Waals surface area contributed by atoms with Gasteiger partial charge in [0, 0.05) is 25.0 Å². The Kier molecular flexibility index (Phi) is 4.66. The van der Waals surface area contributed by atoms with Crippen LogP contribution in [0.2, 0.25) is 0 Å². The number of fused-ring (bicyclic) bond motifs is 1. The molecule has 0 N–H and O–H groups in total. The van der Waals surface area contributed by atoms with Crippen molar-refractivity contribution < 1.29 is 9.13 Å². The molecule has 3 aromatic rings. The number of aromatic nitrogens is 4. The van der Waals surface area contributed by atoms with Crippen LogP contribution in [0.25, 0.3) is 11.6 Å². The first kappa shape index (κ1) is 17.3. The first-order valence-corrected chi connectivity index (χ1v) is 8.93. The van der Waals surface area contributed by atoms with Gasteiger partial charge < -0.3 is 9.64 Å². The molecule has 0 amide bonds. The van der Waals surface area contributed by atoms with Crippen molar-refractivity contribution in [2.75, 3.05) is 18.6 Å². The third-order valence-electron chi connectivity index (χ3n) is 4.90. The van der Waals surface area contributed by atoms with E-state index in [2.05, 4.69) is 31.8 Å². The molecule has 0 aliphatic carbocycles. The highest BCUT2D eigenvalue weighted by atomic mass is 19.1. The van der Waals surface area contributed by atoms with Crippen molar-refractivity contribution in [1.82, 2.24) is 19.9 Å². The predicted octanol–water partition coefficient (Wildman–Crippen LogP) is 3.60. The number of ether oxygens (including phenoxy) is 1. The number of anilines is 1. The van der Waals surface area contributed by atoms with E-state index in [0.29, 0.717) is 30.4 Å². The summed E-state index contributed by atoms with van der Waals surface area (Å²) in [6, 6.07) is 5.19. The smallest absolute Gasteiger partial charge is 0.197 e. The minimum atomic E-state index is -0.199. The van der Waals surface area contributed by atoms with Crippen LogP contribution in [0.3, 0.4) is 0 Å². The van der Waals surface area contributed by atoms with Gasteiger partial charge in [0.1, 0.15) is 11.6 Å². The summed E-state index contributed by atoms with van der Waals surface area (Å²) >= 11 is 0. The van der Waals surface area contributed by atoms with Crippen LogP contribution in [0.4, 0.5) is 10.1 Å². The Balaban J connectivity index is 1.67. The summed E-state index contributed by atoms with van der Waals surface area (Å²) in [5.74, 6) is 1.32. The molecule has 138 valence electrons. The molecule has 7 heteroatoms. The number of benzene rings is 1. The first-order valence-electron chi connectivity index (χ1n) is 8.93. The monoisotopic (exact) mass is 365 g/mol. The molecule has 2 aromatic heterocycles. The lowest BCUT2D eigenvalue weighted by Crippen LogP contribution is -2.36. The zero-order valence-electron chi connectivity index (χ0n) is 15.3. The van der Waals surface area contributed by atoms with Crippen LogP contribution in [-0.2, 0) is 6.42 Å². The second kappa shape index (κ2) is 7.26. The van der Waals surface area contributed by atoms with E-state index in [1.165, 1.54) is 6.07 Å². The van der Waals surface area contributed by atoms with Crippen LogP contribution in [0.5, 0.6) is 5.75 Å². The summed E-state index contributed by atoms with van der Waals surface area (Å²) in [7, 11) is 1.56. The normalized spacial score (nSPS) is 16.1. The van der Waals surface area contributed by atoms with Crippen molar-refractivity contribution >= 4 is 5.69 Å². The molecule has 0 bridgehead atoms. The van der Waals surface area contributed by atoms with Crippen molar-refractivity contribution in [2.45, 2.75) is 25.8 Å². The number of hydrogen-bond donors (Lipinski definition) is 0. The number of methoxy groups -OCH3 is 1. The molecule has 0 saturated carbocycles. The highest BCUT2D eigenvalue weighted by Crippen LogP contribution is 2.38. The van der Waals surface area contributed by atoms with Crippen LogP contribution < -0.4 is 9.64 Å². The minimum absolute atomic E-state index is 0.0424. The fourth-order valence-electron chi connectivity index (χ4n) is 3.62. The van der Waals surface area contributed by atoms with Crippen LogP contribution in [0.1, 0.15) is 30.5 Å². The van der Waals surface area contributed by atoms with Gasteiger partial charge in [-0.1, -0.05) is 6.92 Å². The maximum atomic E-state index is 14.5. The van der Waals surface area contributed by atoms with Crippen molar-refractivity contribution in [3.63, 3.8) is 0 Å². The Bertz CT molecular complexity index is 933. The zero-order valence-corrected chi connectivity index (χ0v) is 15.3. The summed E-state index contributed by atoms with van der Waals surface area (Å²) in [6.45, 7) is 2.80. The Labute approximate surface area is 157 Å². The standard InChI is InChI=1S/C20H20FN5O/c1-3-18-16-9-14(27-2)10-17(21)15(16)5-8-26(18)13-11-24-20(25-12-13)19-22-6-4-7-23-19/h4,6-7,9-12,18H,3,5,8H2,1-2H3. The highest BCUT2D eigenvalue weighted by molar-refractivity contribution is 5.53. The molecule has 0 fully saturated rings. The third kappa shape index (κ3) is 3.20. The Hall–Kier alpha value is -3.09. The molecule has 1 aliphatic rings. The Morgan fingerprint density at radius 1 is 1.11 bits per heavy atom. The lowest BCUT2D eigenvalue weighted by atomic mass is 9.90. The highest BCUT2D eigenvalue weighted by Gasteiger charge is 2.29. The van der Waals surface area contributed by atoms with E-state index in [1.54, 1.807) is 38.0 Å². The van der Waals surface area contributed by atoms with Crippen molar-refractivity contribution in [3.8, 4) is 17.4 Å². The zero-order chi connectivity index (χ0) is 18.8. The van der Waals surface area contributed by atoms with Gasteiger partial charge >= 0.3 is 0 Å². The van der Waals surface area contributed by atoms with Crippen LogP contribution in [-0.4, -0.2) is 33.6 Å². The fourth-order valence-corrected chi connectivity index (χ4v) is 3.62. The average molecular weight is 365 g/mol. The molecule has 1 atom stereocenters. The molecular formula is C20H20FN5O. The van der Waals surface area contributed by atoms with E-state index in [9.17, 15) is 4.39 Å². The quantitative estimate of drug-likeness (QED) is 0.704. The number of rotatable bonds is 4. The average Bonchev–Trinajstić information content (AvgIpc) is 2.73. The topological polar surface area (TPSA) is 64.0 Å². The van der Waals surface area contributed by atoms with E-state index >= 15 is 0 Å². The Morgan fingerprint density at radius 3 is 2.48 bits per heavy atom. The molecule has 27 heavy (non-hydrogen) atoms. The van der Waals surface area contributed by atoms with Crippen LogP contribution >= 0.6 is 0 Å². The molecule has 1 unspecified atom stereocenters. The van der Waals surface area contributed by atoms with Gasteiger partial charge in [-0.3, -0.25) is 0 Å². The second-order valence-corrected chi connectivity index (χ2v) is 6.38. The van der Waals surface area contributed by atoms with Crippen LogP contribution in [0, 0.1) is 5.82 Å². The number of hydrogen-bond acceptors (Lipinski definition) is 6. The lowest BCUT2D eigenvalue weighted by Gasteiger charge is -2.38. The van der Waals surface area contributed by atoms with E-state index < -0.39 is 0 Å². The fraction of sp³-hybridized carbons (Fsp3) is 0.300. The maximum absolute atomic E-state index is 14.5. The molecule has 6 nitrogen and oxygen atoms in total. The van der Waals surface area contributed by atoms with E-state index in [1.807, 2.05) is 6.07 Å². The molecule has 1 aromatic carbocycles. The molecule has 4 rings (SSSR count).